The van der Waals surface area contributed by atoms with Crippen molar-refractivity contribution in [3.8, 4) is 0 Å². The van der Waals surface area contributed by atoms with Gasteiger partial charge in [0, 0.05) is 19.1 Å². The Morgan fingerprint density at radius 3 is 2.21 bits per heavy atom. The molecule has 1 heterocycles. The summed E-state index contributed by atoms with van der Waals surface area (Å²) < 4.78 is 0. The lowest BCUT2D eigenvalue weighted by molar-refractivity contribution is -0.142. The zero-order valence-corrected chi connectivity index (χ0v) is 11.4. The summed E-state index contributed by atoms with van der Waals surface area (Å²) in [5.41, 5.74) is 0. The van der Waals surface area contributed by atoms with Gasteiger partial charge in [0.1, 0.15) is 0 Å². The highest BCUT2D eigenvalue weighted by atomic mass is 16.4. The van der Waals surface area contributed by atoms with Gasteiger partial charge in [0.2, 0.25) is 0 Å². The summed E-state index contributed by atoms with van der Waals surface area (Å²) in [6.45, 7) is 1.60. The van der Waals surface area contributed by atoms with Gasteiger partial charge >= 0.3 is 12.0 Å². The Hall–Kier alpha value is -1.26. The Morgan fingerprint density at radius 2 is 1.58 bits per heavy atom. The predicted molar refractivity (Wildman–Crippen MR) is 72.0 cm³/mol. The van der Waals surface area contributed by atoms with E-state index in [1.807, 2.05) is 4.90 Å². The zero-order valence-electron chi connectivity index (χ0n) is 11.4. The van der Waals surface area contributed by atoms with Gasteiger partial charge in [-0.3, -0.25) is 4.79 Å². The Labute approximate surface area is 114 Å². The van der Waals surface area contributed by atoms with E-state index >= 15 is 0 Å². The smallest absolute Gasteiger partial charge is 0.317 e. The number of carboxylic acids is 1. The lowest BCUT2D eigenvalue weighted by Gasteiger charge is -2.27. The third-order valence-electron chi connectivity index (χ3n) is 4.29. The van der Waals surface area contributed by atoms with Gasteiger partial charge in [0.05, 0.1) is 5.92 Å². The molecule has 2 rings (SSSR count). The molecule has 1 saturated heterocycles. The molecule has 0 bridgehead atoms. The van der Waals surface area contributed by atoms with Crippen LogP contribution in [-0.2, 0) is 4.79 Å². The van der Waals surface area contributed by atoms with Crippen molar-refractivity contribution in [3.63, 3.8) is 0 Å². The van der Waals surface area contributed by atoms with Gasteiger partial charge < -0.3 is 15.3 Å². The molecule has 0 unspecified atom stereocenters. The van der Waals surface area contributed by atoms with Crippen LogP contribution in [0.3, 0.4) is 0 Å². The fourth-order valence-electron chi connectivity index (χ4n) is 3.13. The van der Waals surface area contributed by atoms with E-state index in [0.717, 1.165) is 38.8 Å². The normalized spacial score (nSPS) is 28.5. The number of rotatable bonds is 2. The first-order chi connectivity index (χ1) is 9.18. The van der Waals surface area contributed by atoms with Crippen LogP contribution in [0.2, 0.25) is 0 Å². The van der Waals surface area contributed by atoms with Gasteiger partial charge in [0.25, 0.3) is 0 Å². The SMILES string of the molecule is O=C(O)[C@@H]1CCC[C@@H]1NC(=O)N1CCCCCCC1. The van der Waals surface area contributed by atoms with Crippen molar-refractivity contribution in [1.82, 2.24) is 10.2 Å². The Balaban J connectivity index is 1.86. The molecular formula is C14H24N2O3. The third-order valence-corrected chi connectivity index (χ3v) is 4.29. The van der Waals surface area contributed by atoms with Crippen LogP contribution in [0.15, 0.2) is 0 Å². The Morgan fingerprint density at radius 1 is 0.947 bits per heavy atom. The topological polar surface area (TPSA) is 69.6 Å². The van der Waals surface area contributed by atoms with Crippen LogP contribution < -0.4 is 5.32 Å². The molecule has 1 saturated carbocycles. The monoisotopic (exact) mass is 268 g/mol. The molecule has 0 radical (unpaired) electrons. The van der Waals surface area contributed by atoms with E-state index in [9.17, 15) is 9.59 Å². The summed E-state index contributed by atoms with van der Waals surface area (Å²) >= 11 is 0. The van der Waals surface area contributed by atoms with Crippen molar-refractivity contribution in [3.05, 3.63) is 0 Å². The lowest BCUT2D eigenvalue weighted by Crippen LogP contribution is -2.48. The van der Waals surface area contributed by atoms with E-state index in [4.69, 9.17) is 5.11 Å². The highest BCUT2D eigenvalue weighted by Gasteiger charge is 2.34. The molecule has 2 aliphatic rings. The average Bonchev–Trinajstić information content (AvgIpc) is 2.76. The van der Waals surface area contributed by atoms with Crippen molar-refractivity contribution < 1.29 is 14.7 Å². The molecule has 5 heteroatoms. The number of amides is 2. The molecule has 2 atom stereocenters. The highest BCUT2D eigenvalue weighted by molar-refractivity contribution is 5.77. The summed E-state index contributed by atoms with van der Waals surface area (Å²) in [5, 5.41) is 12.1. The molecule has 1 aliphatic heterocycles. The Kier molecular flexibility index (Phi) is 5.05. The van der Waals surface area contributed by atoms with Gasteiger partial charge in [-0.2, -0.15) is 0 Å². The molecule has 1 aliphatic carbocycles. The van der Waals surface area contributed by atoms with Crippen LogP contribution in [-0.4, -0.2) is 41.1 Å². The molecule has 108 valence electrons. The minimum Gasteiger partial charge on any atom is -0.481 e. The number of carbonyl (C=O) groups is 2. The van der Waals surface area contributed by atoms with Gasteiger partial charge in [-0.15, -0.1) is 0 Å². The average molecular weight is 268 g/mol. The van der Waals surface area contributed by atoms with E-state index in [1.165, 1.54) is 19.3 Å². The number of likely N-dealkylation sites (tertiary alicyclic amines) is 1. The molecule has 0 aromatic carbocycles. The molecule has 2 N–H and O–H groups in total. The minimum absolute atomic E-state index is 0.0694. The summed E-state index contributed by atoms with van der Waals surface area (Å²) in [6, 6.07) is -0.254. The maximum atomic E-state index is 12.2. The second-order valence-electron chi connectivity index (χ2n) is 5.69. The van der Waals surface area contributed by atoms with Crippen LogP contribution >= 0.6 is 0 Å². The number of nitrogens with zero attached hydrogens (tertiary/aromatic N) is 1. The van der Waals surface area contributed by atoms with E-state index in [1.54, 1.807) is 0 Å². The van der Waals surface area contributed by atoms with Crippen LogP contribution in [0.25, 0.3) is 0 Å². The molecule has 0 spiro atoms. The van der Waals surface area contributed by atoms with Crippen molar-refractivity contribution in [1.29, 1.82) is 0 Å². The quantitative estimate of drug-likeness (QED) is 0.806. The van der Waals surface area contributed by atoms with Crippen LogP contribution in [0.1, 0.15) is 51.4 Å². The zero-order chi connectivity index (χ0) is 13.7. The van der Waals surface area contributed by atoms with E-state index < -0.39 is 11.9 Å². The molecule has 2 fully saturated rings. The number of hydrogen-bond donors (Lipinski definition) is 2. The molecule has 2 amide bonds. The summed E-state index contributed by atoms with van der Waals surface area (Å²) in [4.78, 5) is 25.2. The maximum absolute atomic E-state index is 12.2. The van der Waals surface area contributed by atoms with E-state index in [0.29, 0.717) is 6.42 Å². The standard InChI is InChI=1S/C14H24N2O3/c17-13(18)11-7-6-8-12(11)15-14(19)16-9-4-2-1-3-5-10-16/h11-12H,1-10H2,(H,15,19)(H,17,18)/t11-,12+/m1/s1. The van der Waals surface area contributed by atoms with E-state index in [-0.39, 0.29) is 12.1 Å². The van der Waals surface area contributed by atoms with Crippen molar-refractivity contribution in [2.24, 2.45) is 5.92 Å². The number of urea groups is 1. The summed E-state index contributed by atoms with van der Waals surface area (Å²) in [7, 11) is 0. The molecule has 0 aromatic heterocycles. The highest BCUT2D eigenvalue weighted by Crippen LogP contribution is 2.26. The number of nitrogens with one attached hydrogen (secondary N) is 1. The van der Waals surface area contributed by atoms with E-state index in [2.05, 4.69) is 5.32 Å². The van der Waals surface area contributed by atoms with Crippen LogP contribution in [0, 0.1) is 5.92 Å². The second-order valence-corrected chi connectivity index (χ2v) is 5.69. The third kappa shape index (κ3) is 3.85. The van der Waals surface area contributed by atoms with Crippen LogP contribution in [0.5, 0.6) is 0 Å². The predicted octanol–water partition coefficient (Wildman–Crippen LogP) is 2.22. The largest absolute Gasteiger partial charge is 0.481 e. The first-order valence-corrected chi connectivity index (χ1v) is 7.47. The maximum Gasteiger partial charge on any atom is 0.317 e. The lowest BCUT2D eigenvalue weighted by atomic mass is 10.0. The fraction of sp³-hybridized carbons (Fsp3) is 0.857. The van der Waals surface area contributed by atoms with Crippen LogP contribution in [0.4, 0.5) is 4.79 Å². The fourth-order valence-corrected chi connectivity index (χ4v) is 3.13. The van der Waals surface area contributed by atoms with Crippen molar-refractivity contribution in [2.45, 2.75) is 57.4 Å². The minimum atomic E-state index is -0.782. The van der Waals surface area contributed by atoms with Gasteiger partial charge in [-0.25, -0.2) is 4.79 Å². The molecular weight excluding hydrogens is 244 g/mol. The molecule has 0 aromatic rings. The van der Waals surface area contributed by atoms with Crippen molar-refractivity contribution in [2.75, 3.05) is 13.1 Å². The second kappa shape index (κ2) is 6.78. The van der Waals surface area contributed by atoms with Gasteiger partial charge in [0.15, 0.2) is 0 Å². The Bertz CT molecular complexity index is 325. The number of carboxylic acid groups (broad SMARTS) is 1. The number of hydrogen-bond acceptors (Lipinski definition) is 2. The first-order valence-electron chi connectivity index (χ1n) is 7.47. The van der Waals surface area contributed by atoms with Gasteiger partial charge in [-0.1, -0.05) is 25.7 Å². The van der Waals surface area contributed by atoms with Crippen molar-refractivity contribution >= 4 is 12.0 Å². The number of aliphatic carboxylic acids is 1. The summed E-state index contributed by atoms with van der Waals surface area (Å²) in [5.74, 6) is -1.19. The molecule has 19 heavy (non-hydrogen) atoms. The summed E-state index contributed by atoms with van der Waals surface area (Å²) in [6.07, 6.45) is 8.11. The van der Waals surface area contributed by atoms with Gasteiger partial charge in [-0.05, 0) is 25.7 Å². The first kappa shape index (κ1) is 14.2. The molecule has 5 nitrogen and oxygen atoms in total. The number of carbonyl (C=O) groups excluding carboxylic acids is 1.